The molecule has 3 fully saturated rings. The predicted octanol–water partition coefficient (Wildman–Crippen LogP) is 3.02. The van der Waals surface area contributed by atoms with Crippen LogP contribution < -0.4 is 5.43 Å². The highest BCUT2D eigenvalue weighted by molar-refractivity contribution is 5.65. The summed E-state index contributed by atoms with van der Waals surface area (Å²) in [5.74, 6) is 2.97. The van der Waals surface area contributed by atoms with Crippen LogP contribution in [0.3, 0.4) is 0 Å². The standard InChI is InChI=1S/C18H16O4/c19-10-5-3-9(4-6-10)17-16(21)12(20)8-13(22-17)18-7-1-2-11-14(18)15(11)18/h3-6,8,11,14-15,19,21H,1-2,7H2. The molecule has 3 aliphatic carbocycles. The SMILES string of the molecule is O=c1cc(C23CCCC4C2C43)oc(-c2ccc(O)cc2)c1O. The highest BCUT2D eigenvalue weighted by atomic mass is 16.4. The van der Waals surface area contributed by atoms with Gasteiger partial charge in [-0.15, -0.1) is 0 Å². The Morgan fingerprint density at radius 1 is 1.14 bits per heavy atom. The fourth-order valence-electron chi connectivity index (χ4n) is 4.82. The number of phenolic OH excluding ortho intramolecular Hbond substituents is 1. The molecule has 0 aliphatic heterocycles. The zero-order valence-electron chi connectivity index (χ0n) is 12.0. The first kappa shape index (κ1) is 12.3. The molecule has 4 heteroatoms. The van der Waals surface area contributed by atoms with Gasteiger partial charge in [-0.2, -0.15) is 0 Å². The van der Waals surface area contributed by atoms with E-state index in [1.165, 1.54) is 31.0 Å². The van der Waals surface area contributed by atoms with E-state index in [1.54, 1.807) is 12.1 Å². The largest absolute Gasteiger partial charge is 0.508 e. The average Bonchev–Trinajstić information content (AvgIpc) is 3.42. The van der Waals surface area contributed by atoms with E-state index in [2.05, 4.69) is 0 Å². The lowest BCUT2D eigenvalue weighted by atomic mass is 9.74. The maximum absolute atomic E-state index is 12.2. The number of phenols is 1. The van der Waals surface area contributed by atoms with Gasteiger partial charge in [0.05, 0.1) is 0 Å². The van der Waals surface area contributed by atoms with Crippen LogP contribution in [-0.2, 0) is 5.41 Å². The van der Waals surface area contributed by atoms with Gasteiger partial charge in [0, 0.05) is 17.0 Å². The molecule has 0 amide bonds. The normalized spacial score (nSPS) is 34.1. The van der Waals surface area contributed by atoms with Crippen molar-refractivity contribution in [1.82, 2.24) is 0 Å². The van der Waals surface area contributed by atoms with E-state index in [-0.39, 0.29) is 28.1 Å². The molecule has 22 heavy (non-hydrogen) atoms. The summed E-state index contributed by atoms with van der Waals surface area (Å²) >= 11 is 0. The summed E-state index contributed by atoms with van der Waals surface area (Å²) in [7, 11) is 0. The Kier molecular flexibility index (Phi) is 2.10. The van der Waals surface area contributed by atoms with Gasteiger partial charge >= 0.3 is 0 Å². The Balaban J connectivity index is 1.64. The van der Waals surface area contributed by atoms with Crippen molar-refractivity contribution in [1.29, 1.82) is 0 Å². The Morgan fingerprint density at radius 3 is 2.55 bits per heavy atom. The summed E-state index contributed by atoms with van der Waals surface area (Å²) in [5.41, 5.74) is 0.293. The van der Waals surface area contributed by atoms with Crippen molar-refractivity contribution in [3.05, 3.63) is 46.3 Å². The van der Waals surface area contributed by atoms with E-state index in [9.17, 15) is 15.0 Å². The van der Waals surface area contributed by atoms with E-state index in [1.807, 2.05) is 0 Å². The molecule has 1 aromatic carbocycles. The summed E-state index contributed by atoms with van der Waals surface area (Å²) in [6.07, 6.45) is 3.59. The van der Waals surface area contributed by atoms with Crippen molar-refractivity contribution in [2.75, 3.05) is 0 Å². The number of hydrogen-bond donors (Lipinski definition) is 2. The minimum Gasteiger partial charge on any atom is -0.508 e. The predicted molar refractivity (Wildman–Crippen MR) is 79.7 cm³/mol. The van der Waals surface area contributed by atoms with E-state index in [4.69, 9.17) is 4.42 Å². The summed E-state index contributed by atoms with van der Waals surface area (Å²) in [6, 6.07) is 7.81. The van der Waals surface area contributed by atoms with Crippen LogP contribution in [0.1, 0.15) is 25.0 Å². The van der Waals surface area contributed by atoms with Crippen molar-refractivity contribution in [3.8, 4) is 22.8 Å². The van der Waals surface area contributed by atoms with Gasteiger partial charge in [0.25, 0.3) is 0 Å². The molecular formula is C18H16O4. The Labute approximate surface area is 127 Å². The zero-order valence-corrected chi connectivity index (χ0v) is 12.0. The molecule has 2 aromatic rings. The molecule has 0 saturated heterocycles. The third-order valence-corrected chi connectivity index (χ3v) is 5.89. The third kappa shape index (κ3) is 1.35. The highest BCUT2D eigenvalue weighted by Gasteiger charge is 2.85. The monoisotopic (exact) mass is 296 g/mol. The molecule has 5 rings (SSSR count). The Bertz CT molecular complexity index is 823. The maximum atomic E-state index is 12.2. The second-order valence-corrected chi connectivity index (χ2v) is 6.85. The second kappa shape index (κ2) is 3.75. The first-order valence-electron chi connectivity index (χ1n) is 7.80. The molecular weight excluding hydrogens is 280 g/mol. The molecule has 0 spiro atoms. The summed E-state index contributed by atoms with van der Waals surface area (Å²) in [6.45, 7) is 0. The van der Waals surface area contributed by atoms with E-state index in [0.29, 0.717) is 17.4 Å². The first-order chi connectivity index (χ1) is 10.6. The van der Waals surface area contributed by atoms with Crippen LogP contribution in [0.5, 0.6) is 11.5 Å². The van der Waals surface area contributed by atoms with Gasteiger partial charge in [-0.1, -0.05) is 6.42 Å². The summed E-state index contributed by atoms with van der Waals surface area (Å²) < 4.78 is 5.98. The van der Waals surface area contributed by atoms with Gasteiger partial charge < -0.3 is 14.6 Å². The topological polar surface area (TPSA) is 70.7 Å². The lowest BCUT2D eigenvalue weighted by Gasteiger charge is -2.31. The number of aromatic hydroxyl groups is 2. The van der Waals surface area contributed by atoms with Gasteiger partial charge in [0.1, 0.15) is 11.5 Å². The first-order valence-corrected chi connectivity index (χ1v) is 7.80. The fourth-order valence-corrected chi connectivity index (χ4v) is 4.82. The van der Waals surface area contributed by atoms with Crippen LogP contribution in [-0.4, -0.2) is 10.2 Å². The molecule has 0 bridgehead atoms. The van der Waals surface area contributed by atoms with Gasteiger partial charge in [-0.25, -0.2) is 0 Å². The number of rotatable bonds is 2. The molecule has 3 aliphatic rings. The van der Waals surface area contributed by atoms with E-state index >= 15 is 0 Å². The fraction of sp³-hybridized carbons (Fsp3) is 0.389. The smallest absolute Gasteiger partial charge is 0.227 e. The van der Waals surface area contributed by atoms with Crippen molar-refractivity contribution in [3.63, 3.8) is 0 Å². The van der Waals surface area contributed by atoms with Gasteiger partial charge in [-0.05, 0) is 54.9 Å². The molecule has 0 radical (unpaired) electrons. The maximum Gasteiger partial charge on any atom is 0.227 e. The van der Waals surface area contributed by atoms with Crippen molar-refractivity contribution >= 4 is 0 Å². The Morgan fingerprint density at radius 2 is 1.86 bits per heavy atom. The van der Waals surface area contributed by atoms with Crippen LogP contribution in [0.25, 0.3) is 11.3 Å². The van der Waals surface area contributed by atoms with Gasteiger partial charge in [-0.3, -0.25) is 4.79 Å². The number of benzene rings is 1. The molecule has 4 nitrogen and oxygen atoms in total. The molecule has 2 atom stereocenters. The van der Waals surface area contributed by atoms with Crippen LogP contribution in [0.2, 0.25) is 0 Å². The molecule has 1 heterocycles. The van der Waals surface area contributed by atoms with E-state index in [0.717, 1.165) is 18.1 Å². The molecule has 1 aromatic heterocycles. The zero-order chi connectivity index (χ0) is 15.1. The lowest BCUT2D eigenvalue weighted by Crippen LogP contribution is -2.28. The summed E-state index contributed by atoms with van der Waals surface area (Å²) in [4.78, 5) is 12.2. The third-order valence-electron chi connectivity index (χ3n) is 5.89. The van der Waals surface area contributed by atoms with E-state index < -0.39 is 0 Å². The quantitative estimate of drug-likeness (QED) is 0.893. The van der Waals surface area contributed by atoms with Crippen molar-refractivity contribution < 1.29 is 14.6 Å². The highest BCUT2D eigenvalue weighted by Crippen LogP contribution is 2.86. The molecule has 2 N–H and O–H groups in total. The van der Waals surface area contributed by atoms with Crippen LogP contribution >= 0.6 is 0 Å². The summed E-state index contributed by atoms with van der Waals surface area (Å²) in [5, 5.41) is 19.5. The van der Waals surface area contributed by atoms with Crippen molar-refractivity contribution in [2.45, 2.75) is 24.7 Å². The molecule has 2 unspecified atom stereocenters. The van der Waals surface area contributed by atoms with Crippen LogP contribution in [0.4, 0.5) is 0 Å². The van der Waals surface area contributed by atoms with Crippen molar-refractivity contribution in [2.24, 2.45) is 17.8 Å². The Hall–Kier alpha value is -2.23. The van der Waals surface area contributed by atoms with Crippen LogP contribution in [0.15, 0.2) is 39.5 Å². The average molecular weight is 296 g/mol. The minimum atomic E-state index is -0.382. The molecule has 3 saturated carbocycles. The number of fused-ring (bicyclic) bond motifs is 2. The van der Waals surface area contributed by atoms with Gasteiger partial charge in [0.2, 0.25) is 11.2 Å². The minimum absolute atomic E-state index is 0.0709. The van der Waals surface area contributed by atoms with Gasteiger partial charge in [0.15, 0.2) is 5.76 Å². The lowest BCUT2D eigenvalue weighted by molar-refractivity contribution is 0.243. The number of hydrogen-bond acceptors (Lipinski definition) is 4. The molecule has 112 valence electrons. The second-order valence-electron chi connectivity index (χ2n) is 6.85. The van der Waals surface area contributed by atoms with Crippen LogP contribution in [0, 0.1) is 17.8 Å².